The number of aliphatic hydroxyl groups excluding tert-OH is 1. The van der Waals surface area contributed by atoms with Crippen LogP contribution in [0.15, 0.2) is 24.3 Å². The van der Waals surface area contributed by atoms with Gasteiger partial charge in [-0.15, -0.1) is 0 Å². The second-order valence-electron chi connectivity index (χ2n) is 4.97. The van der Waals surface area contributed by atoms with Gasteiger partial charge >= 0.3 is 0 Å². The highest BCUT2D eigenvalue weighted by atomic mass is 19.1. The smallest absolute Gasteiger partial charge is 0.123 e. The second-order valence-corrected chi connectivity index (χ2v) is 4.97. The Morgan fingerprint density at radius 3 is 2.41 bits per heavy atom. The molecular formula is C14H20FNO. The summed E-state index contributed by atoms with van der Waals surface area (Å²) in [6.45, 7) is 4.40. The van der Waals surface area contributed by atoms with Crippen LogP contribution in [-0.2, 0) is 0 Å². The Morgan fingerprint density at radius 1 is 1.29 bits per heavy atom. The minimum atomic E-state index is -0.224. The fourth-order valence-electron chi connectivity index (χ4n) is 2.46. The van der Waals surface area contributed by atoms with Gasteiger partial charge < -0.3 is 5.11 Å². The van der Waals surface area contributed by atoms with Gasteiger partial charge in [-0.2, -0.15) is 0 Å². The number of aliphatic hydroxyl groups is 1. The Kier molecular flexibility index (Phi) is 4.13. The normalized spacial score (nSPS) is 20.4. The number of halogens is 1. The predicted molar refractivity (Wildman–Crippen MR) is 66.2 cm³/mol. The number of benzene rings is 1. The summed E-state index contributed by atoms with van der Waals surface area (Å²) in [6, 6.07) is 6.49. The van der Waals surface area contributed by atoms with Crippen molar-refractivity contribution >= 4 is 0 Å². The first-order chi connectivity index (χ1) is 8.20. The van der Waals surface area contributed by atoms with Crippen LogP contribution in [0.2, 0.25) is 0 Å². The highest BCUT2D eigenvalue weighted by Crippen LogP contribution is 2.26. The van der Waals surface area contributed by atoms with Gasteiger partial charge in [0.25, 0.3) is 0 Å². The highest BCUT2D eigenvalue weighted by molar-refractivity contribution is 5.20. The molecule has 0 spiro atoms. The Bertz CT molecular complexity index is 344. The molecule has 0 aliphatic carbocycles. The summed E-state index contributed by atoms with van der Waals surface area (Å²) in [7, 11) is 0. The first-order valence-corrected chi connectivity index (χ1v) is 6.31. The number of rotatable bonds is 3. The monoisotopic (exact) mass is 237 g/mol. The molecule has 1 aliphatic rings. The SMILES string of the molecule is CC1CCN(C(CO)c2ccc(F)cc2)CC1. The molecule has 3 heteroatoms. The Hall–Kier alpha value is -0.930. The van der Waals surface area contributed by atoms with Crippen molar-refractivity contribution in [3.63, 3.8) is 0 Å². The summed E-state index contributed by atoms with van der Waals surface area (Å²) >= 11 is 0. The van der Waals surface area contributed by atoms with Crippen molar-refractivity contribution in [2.75, 3.05) is 19.7 Å². The van der Waals surface area contributed by atoms with Crippen molar-refractivity contribution in [3.8, 4) is 0 Å². The van der Waals surface area contributed by atoms with E-state index in [1.807, 2.05) is 0 Å². The molecule has 0 aromatic heterocycles. The lowest BCUT2D eigenvalue weighted by molar-refractivity contribution is 0.0896. The lowest BCUT2D eigenvalue weighted by atomic mass is 9.96. The molecule has 1 saturated heterocycles. The maximum Gasteiger partial charge on any atom is 0.123 e. The lowest BCUT2D eigenvalue weighted by Gasteiger charge is -2.36. The minimum absolute atomic E-state index is 0.0168. The topological polar surface area (TPSA) is 23.5 Å². The van der Waals surface area contributed by atoms with Gasteiger partial charge in [0.15, 0.2) is 0 Å². The van der Waals surface area contributed by atoms with Crippen LogP contribution in [0, 0.1) is 11.7 Å². The molecule has 17 heavy (non-hydrogen) atoms. The molecule has 2 nitrogen and oxygen atoms in total. The number of hydrogen-bond acceptors (Lipinski definition) is 2. The van der Waals surface area contributed by atoms with Crippen LogP contribution in [0.1, 0.15) is 31.4 Å². The number of piperidine rings is 1. The molecule has 1 aliphatic heterocycles. The summed E-state index contributed by atoms with van der Waals surface area (Å²) in [6.07, 6.45) is 2.36. The van der Waals surface area contributed by atoms with Crippen LogP contribution >= 0.6 is 0 Å². The zero-order valence-corrected chi connectivity index (χ0v) is 10.3. The van der Waals surface area contributed by atoms with Gasteiger partial charge in [0.2, 0.25) is 0 Å². The fraction of sp³-hybridized carbons (Fsp3) is 0.571. The van der Waals surface area contributed by atoms with Crippen molar-refractivity contribution in [1.29, 1.82) is 0 Å². The molecule has 1 atom stereocenters. The van der Waals surface area contributed by atoms with Crippen molar-refractivity contribution in [2.24, 2.45) is 5.92 Å². The summed E-state index contributed by atoms with van der Waals surface area (Å²) in [5.74, 6) is 0.552. The molecule has 1 unspecified atom stereocenters. The first-order valence-electron chi connectivity index (χ1n) is 6.31. The number of likely N-dealkylation sites (tertiary alicyclic amines) is 1. The van der Waals surface area contributed by atoms with Gasteiger partial charge in [-0.1, -0.05) is 19.1 Å². The minimum Gasteiger partial charge on any atom is -0.394 e. The maximum atomic E-state index is 12.9. The van der Waals surface area contributed by atoms with Crippen LogP contribution in [-0.4, -0.2) is 29.7 Å². The maximum absolute atomic E-state index is 12.9. The average Bonchev–Trinajstić information content (AvgIpc) is 2.35. The Morgan fingerprint density at radius 2 is 1.88 bits per heavy atom. The van der Waals surface area contributed by atoms with Gasteiger partial charge in [0, 0.05) is 0 Å². The van der Waals surface area contributed by atoms with E-state index in [-0.39, 0.29) is 18.5 Å². The average molecular weight is 237 g/mol. The summed E-state index contributed by atoms with van der Waals surface area (Å²) in [4.78, 5) is 2.30. The molecule has 2 rings (SSSR count). The Balaban J connectivity index is 2.08. The summed E-state index contributed by atoms with van der Waals surface area (Å²) in [5.41, 5.74) is 1.00. The van der Waals surface area contributed by atoms with Crippen LogP contribution in [0.25, 0.3) is 0 Å². The standard InChI is InChI=1S/C14H20FNO/c1-11-6-8-16(9-7-11)14(10-17)12-2-4-13(15)5-3-12/h2-5,11,14,17H,6-10H2,1H3. The van der Waals surface area contributed by atoms with E-state index in [9.17, 15) is 9.50 Å². The third-order valence-electron chi connectivity index (χ3n) is 3.69. The van der Waals surface area contributed by atoms with Crippen molar-refractivity contribution in [2.45, 2.75) is 25.8 Å². The molecule has 0 amide bonds. The number of hydrogen-bond donors (Lipinski definition) is 1. The van der Waals surface area contributed by atoms with Gasteiger partial charge in [0.05, 0.1) is 12.6 Å². The van der Waals surface area contributed by atoms with Gasteiger partial charge in [0.1, 0.15) is 5.82 Å². The highest BCUT2D eigenvalue weighted by Gasteiger charge is 2.23. The van der Waals surface area contributed by atoms with Crippen molar-refractivity contribution in [1.82, 2.24) is 4.90 Å². The summed E-state index contributed by atoms with van der Waals surface area (Å²) in [5, 5.41) is 9.53. The largest absolute Gasteiger partial charge is 0.394 e. The van der Waals surface area contributed by atoms with E-state index in [4.69, 9.17) is 0 Å². The third-order valence-corrected chi connectivity index (χ3v) is 3.69. The molecule has 1 aromatic carbocycles. The van der Waals surface area contributed by atoms with E-state index in [1.54, 1.807) is 12.1 Å². The predicted octanol–water partition coefficient (Wildman–Crippen LogP) is 2.59. The zero-order valence-electron chi connectivity index (χ0n) is 10.3. The molecular weight excluding hydrogens is 217 g/mol. The first kappa shape index (κ1) is 12.5. The van der Waals surface area contributed by atoms with E-state index < -0.39 is 0 Å². The zero-order chi connectivity index (χ0) is 12.3. The quantitative estimate of drug-likeness (QED) is 0.873. The van der Waals surface area contributed by atoms with E-state index in [2.05, 4.69) is 11.8 Å². The lowest BCUT2D eigenvalue weighted by Crippen LogP contribution is -2.37. The molecule has 1 aromatic rings. The van der Waals surface area contributed by atoms with Crippen molar-refractivity contribution in [3.05, 3.63) is 35.6 Å². The van der Waals surface area contributed by atoms with Crippen LogP contribution in [0.3, 0.4) is 0 Å². The fourth-order valence-corrected chi connectivity index (χ4v) is 2.46. The van der Waals surface area contributed by atoms with Gasteiger partial charge in [-0.05, 0) is 49.5 Å². The van der Waals surface area contributed by atoms with Crippen LogP contribution in [0.4, 0.5) is 4.39 Å². The Labute approximate surface area is 102 Å². The van der Waals surface area contributed by atoms with E-state index in [0.717, 1.165) is 24.6 Å². The number of nitrogens with zero attached hydrogens (tertiary/aromatic N) is 1. The summed E-state index contributed by atoms with van der Waals surface area (Å²) < 4.78 is 12.9. The second kappa shape index (κ2) is 5.61. The molecule has 0 radical (unpaired) electrons. The van der Waals surface area contributed by atoms with E-state index >= 15 is 0 Å². The van der Waals surface area contributed by atoms with E-state index in [0.29, 0.717) is 0 Å². The molecule has 0 saturated carbocycles. The van der Waals surface area contributed by atoms with E-state index in [1.165, 1.54) is 25.0 Å². The van der Waals surface area contributed by atoms with Crippen LogP contribution < -0.4 is 0 Å². The molecule has 1 N–H and O–H groups in total. The third kappa shape index (κ3) is 3.05. The van der Waals surface area contributed by atoms with Crippen LogP contribution in [0.5, 0.6) is 0 Å². The molecule has 1 heterocycles. The molecule has 94 valence electrons. The van der Waals surface area contributed by atoms with Crippen molar-refractivity contribution < 1.29 is 9.50 Å². The molecule has 0 bridgehead atoms. The molecule has 1 fully saturated rings. The van der Waals surface area contributed by atoms with Gasteiger partial charge in [-0.3, -0.25) is 4.90 Å². The van der Waals surface area contributed by atoms with Gasteiger partial charge in [-0.25, -0.2) is 4.39 Å².